The minimum Gasteiger partial charge on any atom is -0.507 e. The molecule has 2 amide bonds. The van der Waals surface area contributed by atoms with Crippen molar-refractivity contribution in [1.82, 2.24) is 34.7 Å². The number of aromatic nitrogens is 5. The number of nitrogen functional groups attached to an aromatic ring is 1. The van der Waals surface area contributed by atoms with Gasteiger partial charge in [-0.3, -0.25) is 18.8 Å². The summed E-state index contributed by atoms with van der Waals surface area (Å²) in [6, 6.07) is 15.7. The maximum absolute atomic E-state index is 14.5. The van der Waals surface area contributed by atoms with Crippen molar-refractivity contribution in [2.24, 2.45) is 5.92 Å². The zero-order valence-electron chi connectivity index (χ0n) is 38.4. The van der Waals surface area contributed by atoms with Gasteiger partial charge in [0.2, 0.25) is 17.6 Å². The van der Waals surface area contributed by atoms with Gasteiger partial charge >= 0.3 is 0 Å². The fourth-order valence-corrected chi connectivity index (χ4v) is 10.1. The molecule has 3 aliphatic rings. The van der Waals surface area contributed by atoms with Crippen LogP contribution in [0, 0.1) is 24.7 Å². The Labute approximate surface area is 398 Å². The number of carbonyl (C=O) groups is 3. The Morgan fingerprint density at radius 2 is 1.79 bits per heavy atom. The number of hydrogen-bond acceptors (Lipinski definition) is 15. The zero-order chi connectivity index (χ0) is 47.5. The van der Waals surface area contributed by atoms with Crippen LogP contribution in [0.1, 0.15) is 87.4 Å². The zero-order valence-corrected chi connectivity index (χ0v) is 39.2. The summed E-state index contributed by atoms with van der Waals surface area (Å²) in [5.41, 5.74) is 12.7. The summed E-state index contributed by atoms with van der Waals surface area (Å²) < 4.78 is 25.4. The smallest absolute Gasteiger partial charge is 0.293 e. The second kappa shape index (κ2) is 20.2. The van der Waals surface area contributed by atoms with E-state index in [2.05, 4.69) is 42.2 Å². The number of aryl methyl sites for hydroxylation is 1. The molecule has 6 heterocycles. The number of nitrogens with two attached hydrogens (primary N) is 1. The molecular formula is C50H55N9O8S. The summed E-state index contributed by atoms with van der Waals surface area (Å²) >= 11 is 1.58. The highest BCUT2D eigenvalue weighted by molar-refractivity contribution is 7.13. The predicted octanol–water partition coefficient (Wildman–Crippen LogP) is 6.45. The first kappa shape index (κ1) is 46.3. The van der Waals surface area contributed by atoms with Crippen LogP contribution in [0.2, 0.25) is 0 Å². The number of amides is 2. The van der Waals surface area contributed by atoms with Crippen LogP contribution in [-0.4, -0.2) is 110 Å². The largest absolute Gasteiger partial charge is 0.507 e. The molecule has 0 radical (unpaired) electrons. The average Bonchev–Trinajstić information content (AvgIpc) is 4.15. The minimum atomic E-state index is -0.844. The quantitative estimate of drug-likeness (QED) is 0.0747. The van der Waals surface area contributed by atoms with Gasteiger partial charge in [-0.25, -0.2) is 9.97 Å². The van der Waals surface area contributed by atoms with Gasteiger partial charge in [0.05, 0.1) is 58.2 Å². The average molecular weight is 942 g/mol. The van der Waals surface area contributed by atoms with Crippen molar-refractivity contribution in [3.05, 3.63) is 95.1 Å². The van der Waals surface area contributed by atoms with Gasteiger partial charge in [0, 0.05) is 56.4 Å². The molecule has 2 aromatic carbocycles. The number of phenols is 1. The van der Waals surface area contributed by atoms with Gasteiger partial charge in [-0.05, 0) is 55.9 Å². The second-order valence-corrected chi connectivity index (χ2v) is 18.9. The fraction of sp³-hybridized carbons (Fsp3) is 0.420. The highest BCUT2D eigenvalue weighted by Gasteiger charge is 2.45. The molecule has 1 unspecified atom stereocenters. The first-order valence-electron chi connectivity index (χ1n) is 23.0. The number of nitrogens with zero attached hydrogens (tertiary/aromatic N) is 7. The number of fused-ring (bicyclic) bond motifs is 1. The van der Waals surface area contributed by atoms with Crippen molar-refractivity contribution in [2.45, 2.75) is 102 Å². The third kappa shape index (κ3) is 10.1. The number of carbonyl (C=O) groups excluding carboxylic acids is 3. The first-order valence-corrected chi connectivity index (χ1v) is 23.9. The van der Waals surface area contributed by atoms with Crippen LogP contribution in [0.25, 0.3) is 27.5 Å². The Hall–Kier alpha value is -6.81. The molecule has 1 saturated carbocycles. The van der Waals surface area contributed by atoms with E-state index in [1.807, 2.05) is 69.6 Å². The van der Waals surface area contributed by atoms with Gasteiger partial charge in [-0.15, -0.1) is 11.3 Å². The van der Waals surface area contributed by atoms with Crippen LogP contribution in [0.3, 0.4) is 0 Å². The molecule has 2 saturated heterocycles. The fourth-order valence-electron chi connectivity index (χ4n) is 9.25. The third-order valence-electron chi connectivity index (χ3n) is 13.1. The number of likely N-dealkylation sites (tertiary alicyclic amines) is 1. The number of anilines is 2. The number of rotatable bonds is 15. The van der Waals surface area contributed by atoms with Crippen LogP contribution >= 0.6 is 11.3 Å². The summed E-state index contributed by atoms with van der Waals surface area (Å²) in [6.07, 6.45) is 6.60. The number of benzene rings is 2. The van der Waals surface area contributed by atoms with Gasteiger partial charge < -0.3 is 44.7 Å². The first-order chi connectivity index (χ1) is 32.9. The molecule has 18 heteroatoms. The van der Waals surface area contributed by atoms with Crippen LogP contribution in [0.4, 0.5) is 11.6 Å². The molecule has 0 spiro atoms. The maximum Gasteiger partial charge on any atom is 0.293 e. The lowest BCUT2D eigenvalue weighted by Gasteiger charge is -2.39. The number of aromatic hydroxyl groups is 1. The molecule has 3 fully saturated rings. The lowest BCUT2D eigenvalue weighted by molar-refractivity contribution is -0.141. The highest BCUT2D eigenvalue weighted by atomic mass is 32.1. The summed E-state index contributed by atoms with van der Waals surface area (Å²) in [7, 11) is 0. The van der Waals surface area contributed by atoms with E-state index in [1.165, 1.54) is 4.90 Å². The Bertz CT molecular complexity index is 2820. The topological polar surface area (TPSA) is 213 Å². The maximum atomic E-state index is 14.5. The molecule has 2 aliphatic heterocycles. The van der Waals surface area contributed by atoms with Crippen LogP contribution in [0.5, 0.6) is 5.75 Å². The van der Waals surface area contributed by atoms with Crippen molar-refractivity contribution >= 4 is 47.0 Å². The molecular weight excluding hydrogens is 887 g/mol. The number of hydrogen-bond donors (Lipinski definition) is 3. The van der Waals surface area contributed by atoms with Gasteiger partial charge in [-0.2, -0.15) is 4.98 Å². The molecule has 68 heavy (non-hydrogen) atoms. The normalized spacial score (nSPS) is 20.4. The predicted molar refractivity (Wildman–Crippen MR) is 254 cm³/mol. The number of para-hydroxylation sites is 1. The Morgan fingerprint density at radius 1 is 1.01 bits per heavy atom. The molecule has 9 rings (SSSR count). The van der Waals surface area contributed by atoms with Crippen molar-refractivity contribution in [1.29, 1.82) is 0 Å². The summed E-state index contributed by atoms with van der Waals surface area (Å²) in [5, 5.41) is 17.7. The van der Waals surface area contributed by atoms with Crippen LogP contribution < -0.4 is 16.0 Å². The Balaban J connectivity index is 0.741. The van der Waals surface area contributed by atoms with E-state index in [-0.39, 0.29) is 73.2 Å². The van der Waals surface area contributed by atoms with E-state index in [1.54, 1.807) is 46.3 Å². The number of nitrogens with one attached hydrogen (secondary N) is 1. The number of piperidine rings is 1. The van der Waals surface area contributed by atoms with E-state index in [9.17, 15) is 19.5 Å². The van der Waals surface area contributed by atoms with Crippen LogP contribution in [-0.2, 0) is 28.6 Å². The molecule has 0 bridgehead atoms. The van der Waals surface area contributed by atoms with E-state index < -0.39 is 18.1 Å². The highest BCUT2D eigenvalue weighted by Crippen LogP contribution is 2.36. The summed E-state index contributed by atoms with van der Waals surface area (Å²) in [4.78, 5) is 57.8. The monoisotopic (exact) mass is 941 g/mol. The van der Waals surface area contributed by atoms with Crippen LogP contribution in [0.15, 0.2) is 77.0 Å². The van der Waals surface area contributed by atoms with E-state index in [0.717, 1.165) is 47.4 Å². The number of phenolic OH excluding ortho intramolecular Hbond substituents is 1. The standard InChI is InChI=1S/C50H55N9O8S/c1-29(2)45(49(63)59-25-38(65-28-60)22-41(59)48(62)53-30(3)32-11-13-33(14-12-32)46-31(4)52-27-68-46)43-23-44(56-67-43)57-17-15-35(16-18-57)66-37-20-36(21-37)64-19-7-8-34-24-58-26-40(54-50(58)55-47(34)51)39-9-5-6-10-42(39)61/h5-6,9-14,23-24,26-30,35-38,41,45,61H,15-22,25H2,1-4H3,(H,53,62)(H2,51,54,55)/t30-,36?,37?,38+,41-,45?/m0/s1. The van der Waals surface area contributed by atoms with E-state index in [0.29, 0.717) is 53.7 Å². The van der Waals surface area contributed by atoms with Gasteiger partial charge in [-0.1, -0.05) is 67.2 Å². The lowest BCUT2D eigenvalue weighted by atomic mass is 9.91. The summed E-state index contributed by atoms with van der Waals surface area (Å²) in [6.45, 7) is 9.89. The van der Waals surface area contributed by atoms with Gasteiger partial charge in [0.1, 0.15) is 36.2 Å². The third-order valence-corrected chi connectivity index (χ3v) is 14.1. The number of ether oxygens (including phenoxy) is 3. The summed E-state index contributed by atoms with van der Waals surface area (Å²) in [5.74, 6) is 6.51. The van der Waals surface area contributed by atoms with Crippen molar-refractivity contribution in [3.8, 4) is 39.3 Å². The Kier molecular flexibility index (Phi) is 13.8. The molecule has 17 nitrogen and oxygen atoms in total. The molecule has 6 aromatic rings. The van der Waals surface area contributed by atoms with E-state index in [4.69, 9.17) is 24.5 Å². The lowest BCUT2D eigenvalue weighted by Crippen LogP contribution is -2.48. The van der Waals surface area contributed by atoms with Gasteiger partial charge in [0.25, 0.3) is 6.47 Å². The van der Waals surface area contributed by atoms with Crippen molar-refractivity contribution in [3.63, 3.8) is 0 Å². The molecule has 4 N–H and O–H groups in total. The van der Waals surface area contributed by atoms with Crippen molar-refractivity contribution < 1.29 is 38.2 Å². The SMILES string of the molecule is Cc1ncsc1-c1ccc([C@H](C)NC(=O)[C@@H]2C[C@@H](OC=O)CN2C(=O)C(c2cc(N3CCC(OC4CC(OCC#Cc5cn6cc(-c7ccccc7O)nc6nc5N)C4)CC3)no2)C(C)C)cc1. The van der Waals surface area contributed by atoms with Gasteiger partial charge in [0.15, 0.2) is 11.6 Å². The molecule has 4 aromatic heterocycles. The second-order valence-electron chi connectivity index (χ2n) is 18.1. The Morgan fingerprint density at radius 3 is 2.51 bits per heavy atom. The van der Waals surface area contributed by atoms with E-state index >= 15 is 0 Å². The number of imidazole rings is 1. The number of thiazole rings is 1. The molecule has 1 aliphatic carbocycles. The molecule has 354 valence electrons. The minimum absolute atomic E-state index is 0.0621. The molecule has 4 atom stereocenters. The van der Waals surface area contributed by atoms with Crippen molar-refractivity contribution in [2.75, 3.05) is 36.9 Å².